The normalized spacial score (nSPS) is 30.4. The molecule has 126 valence electrons. The number of rotatable bonds is 4. The first-order valence-corrected chi connectivity index (χ1v) is 9.64. The third-order valence-corrected chi connectivity index (χ3v) is 6.28. The van der Waals surface area contributed by atoms with Crippen molar-refractivity contribution in [1.82, 2.24) is 15.1 Å². The molecule has 0 saturated carbocycles. The number of fused-ring (bicyclic) bond motifs is 1. The van der Waals surface area contributed by atoms with Gasteiger partial charge >= 0.3 is 0 Å². The van der Waals surface area contributed by atoms with E-state index in [1.807, 2.05) is 0 Å². The number of piperazine rings is 1. The first kappa shape index (κ1) is 15.6. The zero-order valence-electron chi connectivity index (χ0n) is 14.3. The first-order chi connectivity index (χ1) is 11.4. The van der Waals surface area contributed by atoms with Gasteiger partial charge in [-0.1, -0.05) is 30.3 Å². The number of hydrogen-bond acceptors (Lipinski definition) is 3. The Morgan fingerprint density at radius 1 is 0.957 bits per heavy atom. The van der Waals surface area contributed by atoms with Crippen LogP contribution in [0.5, 0.6) is 0 Å². The molecule has 0 aromatic heterocycles. The Morgan fingerprint density at radius 2 is 1.78 bits per heavy atom. The molecule has 3 nitrogen and oxygen atoms in total. The summed E-state index contributed by atoms with van der Waals surface area (Å²) in [5, 5.41) is 3.48. The second-order valence-electron chi connectivity index (χ2n) is 7.68. The zero-order chi connectivity index (χ0) is 15.5. The standard InChI is InChI=1S/C20H31N3/c1-2-4-18(5-3-1)20-7-6-19-16-22(14-15-23(19)20)13-10-17-8-11-21-12-9-17/h1-5,17,19-21H,6-16H2. The molecule has 1 N–H and O–H groups in total. The van der Waals surface area contributed by atoms with Gasteiger partial charge in [0.1, 0.15) is 0 Å². The van der Waals surface area contributed by atoms with Gasteiger partial charge in [-0.15, -0.1) is 0 Å². The van der Waals surface area contributed by atoms with Crippen molar-refractivity contribution in [2.75, 3.05) is 39.3 Å². The van der Waals surface area contributed by atoms with Gasteiger partial charge in [0, 0.05) is 31.7 Å². The van der Waals surface area contributed by atoms with E-state index in [9.17, 15) is 0 Å². The monoisotopic (exact) mass is 313 g/mol. The van der Waals surface area contributed by atoms with Crippen molar-refractivity contribution in [3.05, 3.63) is 35.9 Å². The van der Waals surface area contributed by atoms with Gasteiger partial charge in [-0.05, 0) is 63.2 Å². The van der Waals surface area contributed by atoms with Crippen molar-refractivity contribution in [2.24, 2.45) is 5.92 Å². The van der Waals surface area contributed by atoms with Crippen LogP contribution in [0.1, 0.15) is 43.7 Å². The maximum atomic E-state index is 3.48. The predicted molar refractivity (Wildman–Crippen MR) is 95.6 cm³/mol. The summed E-state index contributed by atoms with van der Waals surface area (Å²) in [6, 6.07) is 12.6. The molecule has 0 aliphatic carbocycles. The SMILES string of the molecule is c1ccc(C2CCC3CN(CCC4CCNCC4)CCN32)cc1. The molecule has 2 unspecified atom stereocenters. The third kappa shape index (κ3) is 3.62. The molecule has 3 aliphatic heterocycles. The Bertz CT molecular complexity index is 483. The number of benzene rings is 1. The molecule has 0 radical (unpaired) electrons. The van der Waals surface area contributed by atoms with Gasteiger partial charge in [0.15, 0.2) is 0 Å². The molecule has 23 heavy (non-hydrogen) atoms. The average Bonchev–Trinajstić information content (AvgIpc) is 3.05. The summed E-state index contributed by atoms with van der Waals surface area (Å²) in [5.41, 5.74) is 1.53. The van der Waals surface area contributed by atoms with E-state index in [-0.39, 0.29) is 0 Å². The predicted octanol–water partition coefficient (Wildman–Crippen LogP) is 2.90. The lowest BCUT2D eigenvalue weighted by Gasteiger charge is -2.40. The van der Waals surface area contributed by atoms with Crippen LogP contribution in [0.4, 0.5) is 0 Å². The van der Waals surface area contributed by atoms with E-state index < -0.39 is 0 Å². The highest BCUT2D eigenvalue weighted by molar-refractivity contribution is 5.21. The lowest BCUT2D eigenvalue weighted by atomic mass is 9.94. The molecular weight excluding hydrogens is 282 g/mol. The molecule has 3 aliphatic rings. The molecule has 0 amide bonds. The van der Waals surface area contributed by atoms with Crippen LogP contribution in [-0.2, 0) is 0 Å². The number of hydrogen-bond donors (Lipinski definition) is 1. The summed E-state index contributed by atoms with van der Waals surface area (Å²) < 4.78 is 0. The number of piperidine rings is 1. The van der Waals surface area contributed by atoms with Gasteiger partial charge in [-0.3, -0.25) is 4.90 Å². The summed E-state index contributed by atoms with van der Waals surface area (Å²) in [6.07, 6.45) is 6.91. The van der Waals surface area contributed by atoms with Crippen molar-refractivity contribution in [3.63, 3.8) is 0 Å². The van der Waals surface area contributed by atoms with E-state index in [1.54, 1.807) is 0 Å². The van der Waals surface area contributed by atoms with Crippen LogP contribution in [0.3, 0.4) is 0 Å². The fourth-order valence-electron chi connectivity index (χ4n) is 4.89. The Balaban J connectivity index is 1.29. The van der Waals surface area contributed by atoms with Gasteiger partial charge in [0.2, 0.25) is 0 Å². The van der Waals surface area contributed by atoms with Crippen LogP contribution < -0.4 is 5.32 Å². The van der Waals surface area contributed by atoms with Crippen molar-refractivity contribution >= 4 is 0 Å². The van der Waals surface area contributed by atoms with E-state index in [0.29, 0.717) is 6.04 Å². The van der Waals surface area contributed by atoms with E-state index in [4.69, 9.17) is 0 Å². The van der Waals surface area contributed by atoms with Crippen LogP contribution in [0.2, 0.25) is 0 Å². The largest absolute Gasteiger partial charge is 0.317 e. The highest BCUT2D eigenvalue weighted by Crippen LogP contribution is 2.37. The maximum absolute atomic E-state index is 3.48. The highest BCUT2D eigenvalue weighted by atomic mass is 15.3. The van der Waals surface area contributed by atoms with Gasteiger partial charge < -0.3 is 10.2 Å². The van der Waals surface area contributed by atoms with E-state index >= 15 is 0 Å². The van der Waals surface area contributed by atoms with Crippen molar-refractivity contribution in [3.8, 4) is 0 Å². The second-order valence-corrected chi connectivity index (χ2v) is 7.68. The smallest absolute Gasteiger partial charge is 0.0352 e. The molecule has 2 atom stereocenters. The Labute approximate surface area is 141 Å². The van der Waals surface area contributed by atoms with Crippen LogP contribution in [0, 0.1) is 5.92 Å². The van der Waals surface area contributed by atoms with Crippen molar-refractivity contribution in [1.29, 1.82) is 0 Å². The lowest BCUT2D eigenvalue weighted by molar-refractivity contribution is 0.0733. The third-order valence-electron chi connectivity index (χ3n) is 6.28. The zero-order valence-corrected chi connectivity index (χ0v) is 14.3. The molecular formula is C20H31N3. The molecule has 3 heterocycles. The fraction of sp³-hybridized carbons (Fsp3) is 0.700. The second kappa shape index (κ2) is 7.33. The van der Waals surface area contributed by atoms with Crippen LogP contribution >= 0.6 is 0 Å². The number of nitrogens with one attached hydrogen (secondary N) is 1. The minimum absolute atomic E-state index is 0.674. The lowest BCUT2D eigenvalue weighted by Crippen LogP contribution is -2.51. The minimum Gasteiger partial charge on any atom is -0.317 e. The Hall–Kier alpha value is -0.900. The van der Waals surface area contributed by atoms with Crippen LogP contribution in [0.15, 0.2) is 30.3 Å². The molecule has 3 saturated heterocycles. The van der Waals surface area contributed by atoms with Gasteiger partial charge in [0.25, 0.3) is 0 Å². The molecule has 4 rings (SSSR count). The minimum atomic E-state index is 0.674. The molecule has 3 heteroatoms. The summed E-state index contributed by atoms with van der Waals surface area (Å²) >= 11 is 0. The quantitative estimate of drug-likeness (QED) is 0.922. The van der Waals surface area contributed by atoms with Crippen LogP contribution in [0.25, 0.3) is 0 Å². The highest BCUT2D eigenvalue weighted by Gasteiger charge is 2.37. The van der Waals surface area contributed by atoms with E-state index in [0.717, 1.165) is 12.0 Å². The Morgan fingerprint density at radius 3 is 2.61 bits per heavy atom. The molecule has 0 bridgehead atoms. The summed E-state index contributed by atoms with van der Waals surface area (Å²) in [5.74, 6) is 0.968. The molecule has 3 fully saturated rings. The van der Waals surface area contributed by atoms with Crippen molar-refractivity contribution < 1.29 is 0 Å². The summed E-state index contributed by atoms with van der Waals surface area (Å²) in [7, 11) is 0. The fourth-order valence-corrected chi connectivity index (χ4v) is 4.89. The molecule has 1 aromatic carbocycles. The number of nitrogens with zero attached hydrogens (tertiary/aromatic N) is 2. The van der Waals surface area contributed by atoms with Gasteiger partial charge in [-0.25, -0.2) is 0 Å². The topological polar surface area (TPSA) is 18.5 Å². The van der Waals surface area contributed by atoms with Crippen LogP contribution in [-0.4, -0.2) is 55.1 Å². The molecule has 0 spiro atoms. The molecule has 1 aromatic rings. The average molecular weight is 313 g/mol. The van der Waals surface area contributed by atoms with Crippen molar-refractivity contribution in [2.45, 2.75) is 44.2 Å². The summed E-state index contributed by atoms with van der Waals surface area (Å²) in [4.78, 5) is 5.53. The Kier molecular flexibility index (Phi) is 4.98. The first-order valence-electron chi connectivity index (χ1n) is 9.64. The maximum Gasteiger partial charge on any atom is 0.0352 e. The van der Waals surface area contributed by atoms with E-state index in [1.165, 1.54) is 76.9 Å². The van der Waals surface area contributed by atoms with E-state index in [2.05, 4.69) is 45.4 Å². The van der Waals surface area contributed by atoms with Gasteiger partial charge in [0.05, 0.1) is 0 Å². The summed E-state index contributed by atoms with van der Waals surface area (Å²) in [6.45, 7) is 7.63. The van der Waals surface area contributed by atoms with Gasteiger partial charge in [-0.2, -0.15) is 0 Å².